The number of carbonyl (C=O) groups is 4. The normalized spacial score (nSPS) is 24.3. The van der Waals surface area contributed by atoms with E-state index in [1.165, 1.54) is 4.90 Å². The van der Waals surface area contributed by atoms with Crippen molar-refractivity contribution in [3.8, 4) is 0 Å². The third-order valence-electron chi connectivity index (χ3n) is 6.29. The van der Waals surface area contributed by atoms with E-state index in [1.807, 2.05) is 13.8 Å². The highest BCUT2D eigenvalue weighted by molar-refractivity contribution is 5.86. The molecular formula is C24H41N3O6. The molecule has 3 amide bonds. The van der Waals surface area contributed by atoms with Gasteiger partial charge in [0, 0.05) is 19.0 Å². The number of likely N-dealkylation sites (tertiary alicyclic amines) is 1. The third kappa shape index (κ3) is 8.51. The van der Waals surface area contributed by atoms with Crippen molar-refractivity contribution >= 4 is 23.9 Å². The van der Waals surface area contributed by atoms with E-state index in [4.69, 9.17) is 4.74 Å². The van der Waals surface area contributed by atoms with Gasteiger partial charge in [0.2, 0.25) is 11.8 Å². The molecule has 9 nitrogen and oxygen atoms in total. The van der Waals surface area contributed by atoms with Crippen molar-refractivity contribution in [2.75, 3.05) is 13.1 Å². The van der Waals surface area contributed by atoms with Gasteiger partial charge in [0.05, 0.1) is 0 Å². The lowest BCUT2D eigenvalue weighted by molar-refractivity contribution is -0.143. The van der Waals surface area contributed by atoms with E-state index in [2.05, 4.69) is 10.6 Å². The van der Waals surface area contributed by atoms with Crippen LogP contribution in [0.1, 0.15) is 79.6 Å². The Morgan fingerprint density at radius 2 is 1.67 bits per heavy atom. The minimum atomic E-state index is -0.999. The van der Waals surface area contributed by atoms with Crippen LogP contribution >= 0.6 is 0 Å². The van der Waals surface area contributed by atoms with Crippen LogP contribution in [0.25, 0.3) is 0 Å². The van der Waals surface area contributed by atoms with E-state index in [0.29, 0.717) is 38.8 Å². The molecule has 0 bridgehead atoms. The van der Waals surface area contributed by atoms with Gasteiger partial charge in [0.1, 0.15) is 17.7 Å². The zero-order valence-corrected chi connectivity index (χ0v) is 20.7. The molecule has 0 unspecified atom stereocenters. The fraction of sp³-hybridized carbons (Fsp3) is 0.833. The monoisotopic (exact) mass is 467 g/mol. The van der Waals surface area contributed by atoms with E-state index in [0.717, 1.165) is 19.3 Å². The Hall–Kier alpha value is -2.32. The Labute approximate surface area is 197 Å². The van der Waals surface area contributed by atoms with Crippen molar-refractivity contribution in [1.82, 2.24) is 15.5 Å². The van der Waals surface area contributed by atoms with Crippen LogP contribution in [0.4, 0.5) is 4.79 Å². The number of carbonyl (C=O) groups excluding carboxylic acids is 3. The number of nitrogens with one attached hydrogen (secondary N) is 2. The fourth-order valence-corrected chi connectivity index (χ4v) is 4.55. The number of carboxylic acid groups (broad SMARTS) is 1. The lowest BCUT2D eigenvalue weighted by Crippen LogP contribution is -2.48. The zero-order chi connectivity index (χ0) is 24.8. The molecule has 0 aromatic carbocycles. The van der Waals surface area contributed by atoms with E-state index in [9.17, 15) is 24.3 Å². The van der Waals surface area contributed by atoms with Crippen LogP contribution < -0.4 is 10.6 Å². The molecule has 0 aromatic heterocycles. The molecule has 0 spiro atoms. The summed E-state index contributed by atoms with van der Waals surface area (Å²) < 4.78 is 5.43. The lowest BCUT2D eigenvalue weighted by Gasteiger charge is -2.30. The number of ether oxygens (including phenoxy) is 1. The Kier molecular flexibility index (Phi) is 9.55. The molecule has 2 fully saturated rings. The Balaban J connectivity index is 1.77. The van der Waals surface area contributed by atoms with Crippen molar-refractivity contribution in [2.24, 2.45) is 17.8 Å². The van der Waals surface area contributed by atoms with E-state index in [1.54, 1.807) is 20.8 Å². The van der Waals surface area contributed by atoms with Crippen LogP contribution in [0.15, 0.2) is 0 Å². The summed E-state index contributed by atoms with van der Waals surface area (Å²) in [6.45, 7) is 10.3. The van der Waals surface area contributed by atoms with Crippen LogP contribution in [0, 0.1) is 17.8 Å². The molecule has 1 aliphatic carbocycles. The van der Waals surface area contributed by atoms with Crippen molar-refractivity contribution in [2.45, 2.75) is 97.2 Å². The quantitative estimate of drug-likeness (QED) is 0.504. The molecule has 2 aliphatic rings. The highest BCUT2D eigenvalue weighted by Gasteiger charge is 2.37. The molecule has 1 heterocycles. The smallest absolute Gasteiger partial charge is 0.410 e. The average molecular weight is 468 g/mol. The van der Waals surface area contributed by atoms with Gasteiger partial charge in [-0.1, -0.05) is 13.8 Å². The Morgan fingerprint density at radius 1 is 1.03 bits per heavy atom. The van der Waals surface area contributed by atoms with Crippen molar-refractivity contribution < 1.29 is 29.0 Å². The maximum Gasteiger partial charge on any atom is 0.410 e. The summed E-state index contributed by atoms with van der Waals surface area (Å²) in [4.78, 5) is 50.6. The van der Waals surface area contributed by atoms with Gasteiger partial charge in [-0.25, -0.2) is 9.59 Å². The third-order valence-corrected chi connectivity index (χ3v) is 6.29. The number of carboxylic acids is 1. The van der Waals surface area contributed by atoms with Crippen molar-refractivity contribution in [3.63, 3.8) is 0 Å². The minimum Gasteiger partial charge on any atom is -0.480 e. The first kappa shape index (κ1) is 26.9. The molecule has 0 radical (unpaired) electrons. The summed E-state index contributed by atoms with van der Waals surface area (Å²) >= 11 is 0. The Bertz CT molecular complexity index is 709. The first-order valence-corrected chi connectivity index (χ1v) is 12.2. The molecule has 1 saturated heterocycles. The summed E-state index contributed by atoms with van der Waals surface area (Å²) in [7, 11) is 0. The van der Waals surface area contributed by atoms with Gasteiger partial charge in [-0.05, 0) is 77.6 Å². The molecule has 33 heavy (non-hydrogen) atoms. The molecule has 2 atom stereocenters. The van der Waals surface area contributed by atoms with Crippen LogP contribution in [-0.2, 0) is 19.1 Å². The highest BCUT2D eigenvalue weighted by atomic mass is 16.6. The topological polar surface area (TPSA) is 125 Å². The SMILES string of the molecule is CC(C)C[C@H](NC(=O)C1CCC(CNC(=O)[C@@H]2CCCN2C(=O)OC(C)(C)C)CC1)C(=O)O. The van der Waals surface area contributed by atoms with Crippen molar-refractivity contribution in [1.29, 1.82) is 0 Å². The van der Waals surface area contributed by atoms with Gasteiger partial charge in [-0.2, -0.15) is 0 Å². The summed E-state index contributed by atoms with van der Waals surface area (Å²) in [5.74, 6) is -1.10. The van der Waals surface area contributed by atoms with Crippen LogP contribution in [0.5, 0.6) is 0 Å². The number of aliphatic carboxylic acids is 1. The van der Waals surface area contributed by atoms with Crippen LogP contribution in [0.2, 0.25) is 0 Å². The highest BCUT2D eigenvalue weighted by Crippen LogP contribution is 2.29. The first-order valence-electron chi connectivity index (χ1n) is 12.2. The number of hydrogen-bond acceptors (Lipinski definition) is 5. The molecule has 1 saturated carbocycles. The van der Waals surface area contributed by atoms with Gasteiger partial charge < -0.3 is 20.5 Å². The summed E-state index contributed by atoms with van der Waals surface area (Å²) in [5, 5.41) is 15.0. The molecule has 0 aromatic rings. The summed E-state index contributed by atoms with van der Waals surface area (Å²) in [6.07, 6.45) is 4.28. The molecule has 9 heteroatoms. The Morgan fingerprint density at radius 3 is 2.21 bits per heavy atom. The second-order valence-corrected chi connectivity index (χ2v) is 10.8. The number of amides is 3. The lowest BCUT2D eigenvalue weighted by atomic mass is 9.81. The maximum atomic E-state index is 12.7. The second kappa shape index (κ2) is 11.7. The average Bonchev–Trinajstić information content (AvgIpc) is 3.20. The predicted octanol–water partition coefficient (Wildman–Crippen LogP) is 2.92. The molecule has 1 aliphatic heterocycles. The number of hydrogen-bond donors (Lipinski definition) is 3. The first-order chi connectivity index (χ1) is 15.4. The van der Waals surface area contributed by atoms with Gasteiger partial charge in [-0.15, -0.1) is 0 Å². The van der Waals surface area contributed by atoms with Crippen LogP contribution in [-0.4, -0.2) is 64.7 Å². The number of nitrogens with zero attached hydrogens (tertiary/aromatic N) is 1. The largest absolute Gasteiger partial charge is 0.480 e. The van der Waals surface area contributed by atoms with E-state index < -0.39 is 29.7 Å². The van der Waals surface area contributed by atoms with Gasteiger partial charge >= 0.3 is 12.1 Å². The van der Waals surface area contributed by atoms with Crippen molar-refractivity contribution in [3.05, 3.63) is 0 Å². The standard InChI is InChI=1S/C24H41N3O6/c1-15(2)13-18(22(30)31)26-20(28)17-10-8-16(9-11-17)14-25-21(29)19-7-6-12-27(19)23(32)33-24(3,4)5/h15-19H,6-14H2,1-5H3,(H,25,29)(H,26,28)(H,30,31)/t16?,17?,18-,19-/m0/s1. The second-order valence-electron chi connectivity index (χ2n) is 10.8. The molecule has 3 N–H and O–H groups in total. The molecule has 2 rings (SSSR count). The number of rotatable bonds is 8. The van der Waals surface area contributed by atoms with Crippen LogP contribution in [0.3, 0.4) is 0 Å². The van der Waals surface area contributed by atoms with E-state index in [-0.39, 0.29) is 29.6 Å². The van der Waals surface area contributed by atoms with E-state index >= 15 is 0 Å². The van der Waals surface area contributed by atoms with Gasteiger partial charge in [0.15, 0.2) is 0 Å². The molecular weight excluding hydrogens is 426 g/mol. The summed E-state index contributed by atoms with van der Waals surface area (Å²) in [5.41, 5.74) is -0.606. The maximum absolute atomic E-state index is 12.7. The van der Waals surface area contributed by atoms with Gasteiger partial charge in [0.25, 0.3) is 0 Å². The van der Waals surface area contributed by atoms with Gasteiger partial charge in [-0.3, -0.25) is 14.5 Å². The fourth-order valence-electron chi connectivity index (χ4n) is 4.55. The predicted molar refractivity (Wildman–Crippen MR) is 123 cm³/mol. The zero-order valence-electron chi connectivity index (χ0n) is 20.7. The minimum absolute atomic E-state index is 0.156. The summed E-state index contributed by atoms with van der Waals surface area (Å²) in [6, 6.07) is -1.36. The molecule has 188 valence electrons.